The van der Waals surface area contributed by atoms with E-state index in [1.54, 1.807) is 0 Å². The van der Waals surface area contributed by atoms with Gasteiger partial charge in [-0.3, -0.25) is 4.90 Å². The van der Waals surface area contributed by atoms with Crippen LogP contribution in [0.3, 0.4) is 0 Å². The van der Waals surface area contributed by atoms with Gasteiger partial charge in [0.05, 0.1) is 6.10 Å². The van der Waals surface area contributed by atoms with E-state index in [4.69, 9.17) is 0 Å². The number of rotatable bonds is 4. The predicted octanol–water partition coefficient (Wildman–Crippen LogP) is 2.39. The van der Waals surface area contributed by atoms with Crippen LogP contribution in [-0.2, 0) is 0 Å². The molecule has 4 atom stereocenters. The van der Waals surface area contributed by atoms with Crippen molar-refractivity contribution in [1.29, 1.82) is 0 Å². The van der Waals surface area contributed by atoms with Crippen LogP contribution in [0.2, 0.25) is 0 Å². The first-order valence-electron chi connectivity index (χ1n) is 8.41. The fourth-order valence-electron chi connectivity index (χ4n) is 4.00. The van der Waals surface area contributed by atoms with Gasteiger partial charge in [0.1, 0.15) is 0 Å². The Bertz CT molecular complexity index is 259. The Balaban J connectivity index is 1.94. The molecule has 1 aliphatic heterocycles. The average Bonchev–Trinajstić information content (AvgIpc) is 2.64. The smallest absolute Gasteiger partial charge is 0.0695 e. The van der Waals surface area contributed by atoms with Crippen LogP contribution in [0.25, 0.3) is 0 Å². The molecule has 1 heterocycles. The number of hydrogen-bond acceptors (Lipinski definition) is 3. The van der Waals surface area contributed by atoms with Crippen LogP contribution in [0.4, 0.5) is 0 Å². The molecule has 1 aliphatic carbocycles. The standard InChI is InChI=1S/C16H32N2O/c1-3-13-12-18(11-10-14(13)17-4-2)15-8-6-5-7-9-16(15)19/h13-17,19H,3-12H2,1-2H3. The predicted molar refractivity (Wildman–Crippen MR) is 80.3 cm³/mol. The summed E-state index contributed by atoms with van der Waals surface area (Å²) in [6.45, 7) is 7.93. The minimum absolute atomic E-state index is 0.0873. The Kier molecular flexibility index (Phi) is 6.11. The highest BCUT2D eigenvalue weighted by Crippen LogP contribution is 2.28. The van der Waals surface area contributed by atoms with Gasteiger partial charge < -0.3 is 10.4 Å². The van der Waals surface area contributed by atoms with Gasteiger partial charge in [-0.25, -0.2) is 0 Å². The van der Waals surface area contributed by atoms with Crippen molar-refractivity contribution in [3.63, 3.8) is 0 Å². The average molecular weight is 268 g/mol. The first-order valence-corrected chi connectivity index (χ1v) is 8.41. The number of aliphatic hydroxyl groups excluding tert-OH is 1. The van der Waals surface area contributed by atoms with Crippen LogP contribution < -0.4 is 5.32 Å². The maximum absolute atomic E-state index is 10.4. The van der Waals surface area contributed by atoms with Crippen molar-refractivity contribution >= 4 is 0 Å². The van der Waals surface area contributed by atoms with E-state index in [-0.39, 0.29) is 6.10 Å². The lowest BCUT2D eigenvalue weighted by Gasteiger charge is -2.43. The molecule has 0 radical (unpaired) electrons. The highest BCUT2D eigenvalue weighted by atomic mass is 16.3. The summed E-state index contributed by atoms with van der Waals surface area (Å²) >= 11 is 0. The summed E-state index contributed by atoms with van der Waals surface area (Å²) in [7, 11) is 0. The molecule has 19 heavy (non-hydrogen) atoms. The molecule has 0 amide bonds. The molecule has 0 spiro atoms. The third-order valence-corrected chi connectivity index (χ3v) is 5.17. The van der Waals surface area contributed by atoms with Crippen molar-refractivity contribution in [3.8, 4) is 0 Å². The SMILES string of the molecule is CCNC1CCN(C2CCCCCC2O)CC1CC. The fraction of sp³-hybridized carbons (Fsp3) is 1.00. The lowest BCUT2D eigenvalue weighted by molar-refractivity contribution is 0.0117. The molecule has 4 unspecified atom stereocenters. The Hall–Kier alpha value is -0.120. The monoisotopic (exact) mass is 268 g/mol. The maximum Gasteiger partial charge on any atom is 0.0695 e. The lowest BCUT2D eigenvalue weighted by atomic mass is 9.88. The van der Waals surface area contributed by atoms with Crippen molar-refractivity contribution < 1.29 is 5.11 Å². The van der Waals surface area contributed by atoms with Crippen molar-refractivity contribution in [3.05, 3.63) is 0 Å². The number of aliphatic hydroxyl groups is 1. The molecule has 0 aromatic heterocycles. The second kappa shape index (κ2) is 7.61. The van der Waals surface area contributed by atoms with Gasteiger partial charge in [-0.2, -0.15) is 0 Å². The minimum Gasteiger partial charge on any atom is -0.391 e. The highest BCUT2D eigenvalue weighted by molar-refractivity contribution is 4.90. The molecule has 1 saturated carbocycles. The molecular formula is C16H32N2O. The summed E-state index contributed by atoms with van der Waals surface area (Å²) in [6.07, 6.45) is 8.42. The van der Waals surface area contributed by atoms with Gasteiger partial charge in [-0.05, 0) is 31.7 Å². The van der Waals surface area contributed by atoms with Crippen LogP contribution in [-0.4, -0.2) is 47.8 Å². The quantitative estimate of drug-likeness (QED) is 0.769. The molecule has 2 N–H and O–H groups in total. The number of likely N-dealkylation sites (tertiary alicyclic amines) is 1. The van der Waals surface area contributed by atoms with Gasteiger partial charge in [0, 0.05) is 25.2 Å². The molecule has 3 heteroatoms. The molecule has 0 aromatic carbocycles. The van der Waals surface area contributed by atoms with E-state index in [1.807, 2.05) is 0 Å². The first-order chi connectivity index (χ1) is 9.26. The normalized spacial score (nSPS) is 38.1. The molecule has 0 bridgehead atoms. The summed E-state index contributed by atoms with van der Waals surface area (Å²) in [5.41, 5.74) is 0. The molecule has 112 valence electrons. The summed E-state index contributed by atoms with van der Waals surface area (Å²) in [6, 6.07) is 1.12. The van der Waals surface area contributed by atoms with E-state index in [1.165, 1.54) is 45.1 Å². The Morgan fingerprint density at radius 2 is 1.89 bits per heavy atom. The van der Waals surface area contributed by atoms with Crippen molar-refractivity contribution in [2.45, 2.75) is 77.0 Å². The second-order valence-corrected chi connectivity index (χ2v) is 6.39. The zero-order valence-electron chi connectivity index (χ0n) is 12.8. The number of piperidine rings is 1. The van der Waals surface area contributed by atoms with Crippen LogP contribution in [0.5, 0.6) is 0 Å². The third kappa shape index (κ3) is 3.93. The molecular weight excluding hydrogens is 236 g/mol. The second-order valence-electron chi connectivity index (χ2n) is 6.39. The first kappa shape index (κ1) is 15.3. The molecule has 0 aromatic rings. The van der Waals surface area contributed by atoms with E-state index in [0.717, 1.165) is 25.4 Å². The van der Waals surface area contributed by atoms with Gasteiger partial charge in [0.15, 0.2) is 0 Å². The van der Waals surface area contributed by atoms with Crippen molar-refractivity contribution in [2.75, 3.05) is 19.6 Å². The van der Waals surface area contributed by atoms with E-state index >= 15 is 0 Å². The van der Waals surface area contributed by atoms with E-state index < -0.39 is 0 Å². The minimum atomic E-state index is -0.0873. The van der Waals surface area contributed by atoms with Crippen LogP contribution in [0, 0.1) is 5.92 Å². The number of nitrogens with zero attached hydrogens (tertiary/aromatic N) is 1. The Labute approximate surface area is 118 Å². The molecule has 3 nitrogen and oxygen atoms in total. The van der Waals surface area contributed by atoms with Gasteiger partial charge in [-0.1, -0.05) is 39.5 Å². The van der Waals surface area contributed by atoms with Crippen molar-refractivity contribution in [1.82, 2.24) is 10.2 Å². The van der Waals surface area contributed by atoms with Gasteiger partial charge in [0.25, 0.3) is 0 Å². The van der Waals surface area contributed by atoms with Gasteiger partial charge in [0.2, 0.25) is 0 Å². The zero-order valence-corrected chi connectivity index (χ0v) is 12.8. The van der Waals surface area contributed by atoms with E-state index in [2.05, 4.69) is 24.1 Å². The summed E-state index contributed by atoms with van der Waals surface area (Å²) in [5, 5.41) is 14.0. The van der Waals surface area contributed by atoms with Crippen LogP contribution in [0.15, 0.2) is 0 Å². The van der Waals surface area contributed by atoms with Gasteiger partial charge >= 0.3 is 0 Å². The van der Waals surface area contributed by atoms with Crippen molar-refractivity contribution in [2.24, 2.45) is 5.92 Å². The lowest BCUT2D eigenvalue weighted by Crippen LogP contribution is -2.54. The van der Waals surface area contributed by atoms with Crippen LogP contribution >= 0.6 is 0 Å². The van der Waals surface area contributed by atoms with Crippen LogP contribution in [0.1, 0.15) is 58.8 Å². The Morgan fingerprint density at radius 1 is 1.11 bits per heavy atom. The highest BCUT2D eigenvalue weighted by Gasteiger charge is 2.34. The summed E-state index contributed by atoms with van der Waals surface area (Å²) in [4.78, 5) is 2.60. The largest absolute Gasteiger partial charge is 0.391 e. The Morgan fingerprint density at radius 3 is 2.63 bits per heavy atom. The maximum atomic E-state index is 10.4. The zero-order chi connectivity index (χ0) is 13.7. The molecule has 2 rings (SSSR count). The summed E-state index contributed by atoms with van der Waals surface area (Å²) in [5.74, 6) is 0.754. The number of hydrogen-bond donors (Lipinski definition) is 2. The van der Waals surface area contributed by atoms with E-state index in [9.17, 15) is 5.11 Å². The van der Waals surface area contributed by atoms with E-state index in [0.29, 0.717) is 12.1 Å². The molecule has 2 fully saturated rings. The van der Waals surface area contributed by atoms with Gasteiger partial charge in [-0.15, -0.1) is 0 Å². The third-order valence-electron chi connectivity index (χ3n) is 5.17. The topological polar surface area (TPSA) is 35.5 Å². The fourth-order valence-corrected chi connectivity index (χ4v) is 4.00. The molecule has 2 aliphatic rings. The molecule has 1 saturated heterocycles. The summed E-state index contributed by atoms with van der Waals surface area (Å²) < 4.78 is 0. The number of nitrogens with one attached hydrogen (secondary N) is 1.